The Morgan fingerprint density at radius 2 is 2.00 bits per heavy atom. The van der Waals surface area contributed by atoms with Crippen molar-refractivity contribution in [2.24, 2.45) is 0 Å². The fourth-order valence-electron chi connectivity index (χ4n) is 1.75. The maximum absolute atomic E-state index is 5.53. The molecule has 0 aliphatic rings. The van der Waals surface area contributed by atoms with Gasteiger partial charge in [0.05, 0.1) is 19.8 Å². The van der Waals surface area contributed by atoms with Gasteiger partial charge in [-0.05, 0) is 18.6 Å². The predicted molar refractivity (Wildman–Crippen MR) is 64.2 cm³/mol. The van der Waals surface area contributed by atoms with Gasteiger partial charge in [-0.15, -0.1) is 0 Å². The van der Waals surface area contributed by atoms with E-state index in [0.717, 1.165) is 11.1 Å². The fourth-order valence-corrected chi connectivity index (χ4v) is 1.75. The summed E-state index contributed by atoms with van der Waals surface area (Å²) in [4.78, 5) is 0. The van der Waals surface area contributed by atoms with Crippen LogP contribution in [0.4, 0.5) is 5.88 Å². The molecule has 0 atom stereocenters. The maximum Gasteiger partial charge on any atom is 0.222 e. The molecule has 0 amide bonds. The zero-order chi connectivity index (χ0) is 12.4. The first-order valence-corrected chi connectivity index (χ1v) is 5.11. The molecule has 0 unspecified atom stereocenters. The van der Waals surface area contributed by atoms with Gasteiger partial charge in [0, 0.05) is 6.07 Å². The Bertz CT molecular complexity index is 535. The molecule has 90 valence electrons. The average molecular weight is 234 g/mol. The first kappa shape index (κ1) is 11.3. The minimum absolute atomic E-state index is 0.268. The zero-order valence-corrected chi connectivity index (χ0v) is 9.98. The van der Waals surface area contributed by atoms with Gasteiger partial charge in [0.2, 0.25) is 5.88 Å². The van der Waals surface area contributed by atoms with E-state index >= 15 is 0 Å². The maximum atomic E-state index is 5.53. The Morgan fingerprint density at radius 3 is 2.53 bits per heavy atom. The van der Waals surface area contributed by atoms with Crippen molar-refractivity contribution in [3.63, 3.8) is 0 Å². The van der Waals surface area contributed by atoms with Crippen LogP contribution in [0.15, 0.2) is 22.7 Å². The molecule has 0 aliphatic heterocycles. The van der Waals surface area contributed by atoms with Crippen molar-refractivity contribution >= 4 is 5.88 Å². The highest BCUT2D eigenvalue weighted by atomic mass is 16.5. The van der Waals surface area contributed by atoms with Crippen molar-refractivity contribution in [2.45, 2.75) is 6.92 Å². The number of nitrogens with two attached hydrogens (primary N) is 1. The second kappa shape index (κ2) is 4.37. The van der Waals surface area contributed by atoms with Crippen molar-refractivity contribution in [3.8, 4) is 22.8 Å². The summed E-state index contributed by atoms with van der Waals surface area (Å²) >= 11 is 0. The zero-order valence-electron chi connectivity index (χ0n) is 9.98. The molecule has 1 aromatic heterocycles. The highest BCUT2D eigenvalue weighted by Gasteiger charge is 2.17. The summed E-state index contributed by atoms with van der Waals surface area (Å²) in [7, 11) is 3.18. The van der Waals surface area contributed by atoms with Gasteiger partial charge >= 0.3 is 0 Å². The second-order valence-electron chi connectivity index (χ2n) is 3.61. The number of aromatic nitrogens is 1. The number of nitrogens with zero attached hydrogens (tertiary/aromatic N) is 1. The van der Waals surface area contributed by atoms with E-state index in [-0.39, 0.29) is 5.88 Å². The molecule has 5 heteroatoms. The monoisotopic (exact) mass is 234 g/mol. The number of hydrogen-bond donors (Lipinski definition) is 1. The lowest BCUT2D eigenvalue weighted by atomic mass is 10.0. The van der Waals surface area contributed by atoms with E-state index < -0.39 is 0 Å². The van der Waals surface area contributed by atoms with Crippen LogP contribution in [-0.4, -0.2) is 19.4 Å². The van der Waals surface area contributed by atoms with Crippen molar-refractivity contribution in [1.29, 1.82) is 0 Å². The van der Waals surface area contributed by atoms with Crippen LogP contribution in [0.25, 0.3) is 11.3 Å². The molecule has 0 saturated carbocycles. The van der Waals surface area contributed by atoms with E-state index in [1.165, 1.54) is 0 Å². The molecule has 5 nitrogen and oxygen atoms in total. The summed E-state index contributed by atoms with van der Waals surface area (Å²) in [5.41, 5.74) is 8.00. The smallest absolute Gasteiger partial charge is 0.222 e. The molecule has 0 aliphatic carbocycles. The molecule has 0 fully saturated rings. The van der Waals surface area contributed by atoms with Crippen LogP contribution >= 0.6 is 0 Å². The van der Waals surface area contributed by atoms with Crippen molar-refractivity contribution in [3.05, 3.63) is 23.8 Å². The first-order valence-electron chi connectivity index (χ1n) is 5.11. The Balaban J connectivity index is 2.66. The summed E-state index contributed by atoms with van der Waals surface area (Å²) in [5.74, 6) is 1.54. The van der Waals surface area contributed by atoms with Gasteiger partial charge in [-0.1, -0.05) is 11.2 Å². The Labute approximate surface area is 99.1 Å². The van der Waals surface area contributed by atoms with E-state index in [2.05, 4.69) is 5.16 Å². The molecule has 1 heterocycles. The van der Waals surface area contributed by atoms with E-state index in [4.69, 9.17) is 19.7 Å². The van der Waals surface area contributed by atoms with Gasteiger partial charge in [-0.25, -0.2) is 0 Å². The van der Waals surface area contributed by atoms with Crippen molar-refractivity contribution in [1.82, 2.24) is 5.16 Å². The first-order chi connectivity index (χ1) is 8.17. The van der Waals surface area contributed by atoms with Gasteiger partial charge in [-0.2, -0.15) is 0 Å². The van der Waals surface area contributed by atoms with E-state index in [1.54, 1.807) is 20.3 Å². The molecular weight excluding hydrogens is 220 g/mol. The molecule has 2 aromatic rings. The summed E-state index contributed by atoms with van der Waals surface area (Å²) in [6, 6.07) is 5.44. The van der Waals surface area contributed by atoms with E-state index in [9.17, 15) is 0 Å². The Morgan fingerprint density at radius 1 is 1.24 bits per heavy atom. The van der Waals surface area contributed by atoms with Crippen LogP contribution in [0.3, 0.4) is 0 Å². The third-order valence-corrected chi connectivity index (χ3v) is 2.54. The normalized spacial score (nSPS) is 10.3. The van der Waals surface area contributed by atoms with Crippen LogP contribution in [0.1, 0.15) is 5.56 Å². The van der Waals surface area contributed by atoms with Gasteiger partial charge in [0.25, 0.3) is 0 Å². The number of anilines is 1. The Hall–Kier alpha value is -2.17. The highest BCUT2D eigenvalue weighted by molar-refractivity contribution is 5.75. The van der Waals surface area contributed by atoms with Crippen molar-refractivity contribution in [2.75, 3.05) is 20.0 Å². The van der Waals surface area contributed by atoms with E-state index in [1.807, 2.05) is 19.1 Å². The minimum Gasteiger partial charge on any atom is -0.493 e. The highest BCUT2D eigenvalue weighted by Crippen LogP contribution is 2.40. The number of ether oxygens (including phenoxy) is 2. The van der Waals surface area contributed by atoms with Crippen LogP contribution in [-0.2, 0) is 0 Å². The average Bonchev–Trinajstić information content (AvgIpc) is 2.74. The minimum atomic E-state index is 0.268. The van der Waals surface area contributed by atoms with E-state index in [0.29, 0.717) is 17.2 Å². The molecular formula is C12H14N2O3. The van der Waals surface area contributed by atoms with Crippen LogP contribution < -0.4 is 15.2 Å². The fraction of sp³-hybridized carbons (Fsp3) is 0.250. The number of rotatable bonds is 3. The summed E-state index contributed by atoms with van der Waals surface area (Å²) in [5, 5.41) is 3.90. The molecule has 17 heavy (non-hydrogen) atoms. The van der Waals surface area contributed by atoms with Gasteiger partial charge in [0.1, 0.15) is 5.69 Å². The molecule has 0 spiro atoms. The van der Waals surface area contributed by atoms with Crippen molar-refractivity contribution < 1.29 is 14.0 Å². The standard InChI is InChI=1S/C12H14N2O3/c1-7-4-5-9(15-2)12(16-3)11(7)8-6-10(13)17-14-8/h4-6H,13H2,1-3H3. The molecule has 0 bridgehead atoms. The van der Waals surface area contributed by atoms with Gasteiger partial charge in [0.15, 0.2) is 11.5 Å². The SMILES string of the molecule is COc1ccc(C)c(-c2cc(N)on2)c1OC. The lowest BCUT2D eigenvalue weighted by molar-refractivity contribution is 0.355. The number of nitrogen functional groups attached to an aromatic ring is 1. The molecule has 2 N–H and O–H groups in total. The quantitative estimate of drug-likeness (QED) is 0.881. The second-order valence-corrected chi connectivity index (χ2v) is 3.61. The summed E-state index contributed by atoms with van der Waals surface area (Å²) < 4.78 is 15.5. The molecule has 0 radical (unpaired) electrons. The summed E-state index contributed by atoms with van der Waals surface area (Å²) in [6.45, 7) is 1.96. The predicted octanol–water partition coefficient (Wildman–Crippen LogP) is 2.25. The van der Waals surface area contributed by atoms with Crippen LogP contribution in [0.5, 0.6) is 11.5 Å². The largest absolute Gasteiger partial charge is 0.493 e. The van der Waals surface area contributed by atoms with Crippen LogP contribution in [0, 0.1) is 6.92 Å². The third kappa shape index (κ3) is 1.91. The van der Waals surface area contributed by atoms with Gasteiger partial charge < -0.3 is 19.7 Å². The van der Waals surface area contributed by atoms with Crippen LogP contribution in [0.2, 0.25) is 0 Å². The number of benzene rings is 1. The lowest BCUT2D eigenvalue weighted by Crippen LogP contribution is -1.95. The number of methoxy groups -OCH3 is 2. The lowest BCUT2D eigenvalue weighted by Gasteiger charge is -2.13. The van der Waals surface area contributed by atoms with Gasteiger partial charge in [-0.3, -0.25) is 0 Å². The number of aryl methyl sites for hydroxylation is 1. The summed E-state index contributed by atoms with van der Waals surface area (Å²) in [6.07, 6.45) is 0. The topological polar surface area (TPSA) is 70.5 Å². The third-order valence-electron chi connectivity index (χ3n) is 2.54. The Kier molecular flexibility index (Phi) is 2.91. The number of hydrogen-bond acceptors (Lipinski definition) is 5. The molecule has 1 aromatic carbocycles. The molecule has 2 rings (SSSR count). The molecule has 0 saturated heterocycles.